The molecule has 20 heavy (non-hydrogen) atoms. The lowest BCUT2D eigenvalue weighted by molar-refractivity contribution is 0.0955. The van der Waals surface area contributed by atoms with Gasteiger partial charge in [-0.2, -0.15) is 0 Å². The van der Waals surface area contributed by atoms with Gasteiger partial charge in [0.05, 0.1) is 12.2 Å². The van der Waals surface area contributed by atoms with Gasteiger partial charge in [0.2, 0.25) is 0 Å². The lowest BCUT2D eigenvalue weighted by atomic mass is 10.1. The van der Waals surface area contributed by atoms with E-state index in [1.54, 1.807) is 18.7 Å². The number of aromatic nitrogens is 1. The maximum atomic E-state index is 12.7. The molecule has 0 radical (unpaired) electrons. The molecule has 0 bridgehead atoms. The van der Waals surface area contributed by atoms with Gasteiger partial charge in [-0.15, -0.1) is 0 Å². The van der Waals surface area contributed by atoms with E-state index in [1.165, 1.54) is 0 Å². The summed E-state index contributed by atoms with van der Waals surface area (Å²) in [5.74, 6) is 1.61. The van der Waals surface area contributed by atoms with Gasteiger partial charge in [-0.1, -0.05) is 12.1 Å². The van der Waals surface area contributed by atoms with Crippen LogP contribution in [0.15, 0.2) is 28.7 Å². The van der Waals surface area contributed by atoms with E-state index < -0.39 is 0 Å². The Morgan fingerprint density at radius 1 is 1.35 bits per heavy atom. The fourth-order valence-corrected chi connectivity index (χ4v) is 2.44. The third-order valence-corrected chi connectivity index (χ3v) is 3.28. The molecule has 0 saturated heterocycles. The van der Waals surface area contributed by atoms with Crippen molar-refractivity contribution in [3.8, 4) is 5.75 Å². The Morgan fingerprint density at radius 3 is 2.80 bits per heavy atom. The molecule has 1 atom stereocenters. The van der Waals surface area contributed by atoms with Crippen molar-refractivity contribution < 1.29 is 13.9 Å². The van der Waals surface area contributed by atoms with Crippen molar-refractivity contribution in [2.75, 3.05) is 11.4 Å². The predicted molar refractivity (Wildman–Crippen MR) is 74.2 cm³/mol. The lowest BCUT2D eigenvalue weighted by Crippen LogP contribution is -2.42. The normalized spacial score (nSPS) is 17.6. The number of anilines is 1. The number of carbonyl (C=O) groups excluding carboxylic acids is 1. The number of amides is 1. The smallest absolute Gasteiger partial charge is 0.280 e. The van der Waals surface area contributed by atoms with Crippen molar-refractivity contribution in [2.24, 2.45) is 0 Å². The molecule has 0 aliphatic carbocycles. The fraction of sp³-hybridized carbons (Fsp3) is 0.333. The highest BCUT2D eigenvalue weighted by Gasteiger charge is 2.30. The largest absolute Gasteiger partial charge is 0.487 e. The first-order valence-electron chi connectivity index (χ1n) is 6.58. The molecule has 0 unspecified atom stereocenters. The molecule has 0 fully saturated rings. The van der Waals surface area contributed by atoms with Crippen LogP contribution in [0.5, 0.6) is 5.75 Å². The Labute approximate surface area is 117 Å². The molecule has 2 aromatic rings. The van der Waals surface area contributed by atoms with Gasteiger partial charge in [-0.05, 0) is 26.0 Å². The minimum atomic E-state index is -0.151. The van der Waals surface area contributed by atoms with Crippen LogP contribution >= 0.6 is 0 Å². The van der Waals surface area contributed by atoms with Crippen molar-refractivity contribution in [3.05, 3.63) is 41.6 Å². The minimum Gasteiger partial charge on any atom is -0.487 e. The number of benzene rings is 1. The van der Waals surface area contributed by atoms with E-state index in [1.807, 2.05) is 31.2 Å². The van der Waals surface area contributed by atoms with Gasteiger partial charge in [0, 0.05) is 6.92 Å². The Kier molecular flexibility index (Phi) is 2.97. The van der Waals surface area contributed by atoms with Crippen LogP contribution in [-0.2, 0) is 0 Å². The van der Waals surface area contributed by atoms with Crippen molar-refractivity contribution in [3.63, 3.8) is 0 Å². The van der Waals surface area contributed by atoms with Crippen LogP contribution in [0.25, 0.3) is 0 Å². The molecule has 1 amide bonds. The quantitative estimate of drug-likeness (QED) is 0.801. The molecule has 1 aliphatic rings. The standard InChI is InChI=1S/C15H16N2O3/c1-9-8-17(12-6-4-5-7-13(12)19-9)15(18)14-10(2)20-11(3)16-14/h4-7,9H,8H2,1-3H3/t9-/m0/s1. The van der Waals surface area contributed by atoms with E-state index in [-0.39, 0.29) is 12.0 Å². The Hall–Kier alpha value is -2.30. The highest BCUT2D eigenvalue weighted by molar-refractivity contribution is 6.06. The third kappa shape index (κ3) is 2.05. The molecule has 0 spiro atoms. The Morgan fingerprint density at radius 2 is 2.10 bits per heavy atom. The summed E-state index contributed by atoms with van der Waals surface area (Å²) in [6.45, 7) is 5.93. The maximum absolute atomic E-state index is 12.7. The third-order valence-electron chi connectivity index (χ3n) is 3.28. The summed E-state index contributed by atoms with van der Waals surface area (Å²) in [5.41, 5.74) is 1.14. The molecular weight excluding hydrogens is 256 g/mol. The molecule has 1 aromatic carbocycles. The molecule has 5 nitrogen and oxygen atoms in total. The summed E-state index contributed by atoms with van der Waals surface area (Å²) in [5, 5.41) is 0. The maximum Gasteiger partial charge on any atom is 0.280 e. The highest BCUT2D eigenvalue weighted by atomic mass is 16.5. The molecule has 2 heterocycles. The van der Waals surface area contributed by atoms with Gasteiger partial charge in [-0.3, -0.25) is 9.69 Å². The van der Waals surface area contributed by atoms with Crippen LogP contribution < -0.4 is 9.64 Å². The summed E-state index contributed by atoms with van der Waals surface area (Å²) in [4.78, 5) is 18.6. The zero-order valence-corrected chi connectivity index (χ0v) is 11.7. The average molecular weight is 272 g/mol. The average Bonchev–Trinajstić information content (AvgIpc) is 2.76. The molecule has 0 N–H and O–H groups in total. The monoisotopic (exact) mass is 272 g/mol. The van der Waals surface area contributed by atoms with E-state index >= 15 is 0 Å². The van der Waals surface area contributed by atoms with Crippen LogP contribution in [0.3, 0.4) is 0 Å². The second-order valence-electron chi connectivity index (χ2n) is 4.95. The Balaban J connectivity index is 2.02. The van der Waals surface area contributed by atoms with Crippen molar-refractivity contribution in [2.45, 2.75) is 26.9 Å². The summed E-state index contributed by atoms with van der Waals surface area (Å²) in [6, 6.07) is 7.53. The van der Waals surface area contributed by atoms with Gasteiger partial charge >= 0.3 is 0 Å². The molecule has 1 aliphatic heterocycles. The lowest BCUT2D eigenvalue weighted by Gasteiger charge is -2.33. The predicted octanol–water partition coefficient (Wildman–Crippen LogP) is 2.72. The Bertz CT molecular complexity index is 663. The number of carbonyl (C=O) groups is 1. The molecule has 3 rings (SSSR count). The highest BCUT2D eigenvalue weighted by Crippen LogP contribution is 2.34. The summed E-state index contributed by atoms with van der Waals surface area (Å²) < 4.78 is 11.1. The van der Waals surface area contributed by atoms with Gasteiger partial charge < -0.3 is 9.15 Å². The van der Waals surface area contributed by atoms with Gasteiger partial charge in [0.15, 0.2) is 11.6 Å². The zero-order valence-electron chi connectivity index (χ0n) is 11.7. The molecular formula is C15H16N2O3. The number of hydrogen-bond donors (Lipinski definition) is 0. The van der Waals surface area contributed by atoms with Crippen LogP contribution in [0.2, 0.25) is 0 Å². The number of hydrogen-bond acceptors (Lipinski definition) is 4. The van der Waals surface area contributed by atoms with Gasteiger partial charge in [0.1, 0.15) is 17.6 Å². The first kappa shape index (κ1) is 12.7. The van der Waals surface area contributed by atoms with Gasteiger partial charge in [-0.25, -0.2) is 4.98 Å². The van der Waals surface area contributed by atoms with E-state index in [0.717, 1.165) is 11.4 Å². The number of nitrogens with zero attached hydrogens (tertiary/aromatic N) is 2. The van der Waals surface area contributed by atoms with Crippen molar-refractivity contribution in [1.29, 1.82) is 0 Å². The van der Waals surface area contributed by atoms with E-state index in [2.05, 4.69) is 4.98 Å². The second-order valence-corrected chi connectivity index (χ2v) is 4.95. The summed E-state index contributed by atoms with van der Waals surface area (Å²) in [7, 11) is 0. The van der Waals surface area contributed by atoms with Crippen molar-refractivity contribution >= 4 is 11.6 Å². The van der Waals surface area contributed by atoms with Crippen LogP contribution in [0.4, 0.5) is 5.69 Å². The van der Waals surface area contributed by atoms with Crippen LogP contribution in [0.1, 0.15) is 29.1 Å². The SMILES string of the molecule is Cc1nc(C(=O)N2C[C@H](C)Oc3ccccc32)c(C)o1. The van der Waals surface area contributed by atoms with Crippen LogP contribution in [-0.4, -0.2) is 23.5 Å². The molecule has 0 saturated carbocycles. The van der Waals surface area contributed by atoms with Crippen LogP contribution in [0, 0.1) is 13.8 Å². The zero-order chi connectivity index (χ0) is 14.3. The van der Waals surface area contributed by atoms with E-state index in [0.29, 0.717) is 23.9 Å². The van der Waals surface area contributed by atoms with Gasteiger partial charge in [0.25, 0.3) is 5.91 Å². The second kappa shape index (κ2) is 4.67. The fourth-order valence-electron chi connectivity index (χ4n) is 2.44. The number of para-hydroxylation sites is 2. The number of rotatable bonds is 1. The summed E-state index contributed by atoms with van der Waals surface area (Å²) >= 11 is 0. The van der Waals surface area contributed by atoms with E-state index in [4.69, 9.17) is 9.15 Å². The number of aryl methyl sites for hydroxylation is 2. The minimum absolute atomic E-state index is 0.0536. The topological polar surface area (TPSA) is 55.6 Å². The van der Waals surface area contributed by atoms with Crippen molar-refractivity contribution in [1.82, 2.24) is 4.98 Å². The molecule has 5 heteroatoms. The number of fused-ring (bicyclic) bond motifs is 1. The van der Waals surface area contributed by atoms with E-state index in [9.17, 15) is 4.79 Å². The molecule has 1 aromatic heterocycles. The molecule has 104 valence electrons. The summed E-state index contributed by atoms with van der Waals surface area (Å²) in [6.07, 6.45) is -0.0536. The number of oxazole rings is 1. The first-order valence-corrected chi connectivity index (χ1v) is 6.58. The number of ether oxygens (including phenoxy) is 1. The first-order chi connectivity index (χ1) is 9.56.